The van der Waals surface area contributed by atoms with Gasteiger partial charge in [0.1, 0.15) is 23.2 Å². The van der Waals surface area contributed by atoms with E-state index in [9.17, 15) is 13.2 Å². The standard InChI is InChI=1S/C10H14N6O4S/c1-7-10(8(2)20-14-7)21(18,19)15(3)4-9(17)13-16-5-11-12-6-16/h5-6H,4H2,1-3H3,(H,13,17). The van der Waals surface area contributed by atoms with E-state index in [1.54, 1.807) is 0 Å². The van der Waals surface area contributed by atoms with E-state index in [1.165, 1.54) is 38.2 Å². The van der Waals surface area contributed by atoms with Crippen LogP contribution in [0.2, 0.25) is 0 Å². The number of nitrogens with one attached hydrogen (secondary N) is 1. The average molecular weight is 314 g/mol. The van der Waals surface area contributed by atoms with Crippen molar-refractivity contribution in [3.63, 3.8) is 0 Å². The molecule has 0 saturated heterocycles. The SMILES string of the molecule is Cc1noc(C)c1S(=O)(=O)N(C)CC(=O)Nn1cnnc1. The third kappa shape index (κ3) is 3.08. The van der Waals surface area contributed by atoms with E-state index < -0.39 is 15.9 Å². The molecule has 2 aromatic rings. The van der Waals surface area contributed by atoms with Gasteiger partial charge in [0.2, 0.25) is 10.0 Å². The number of amides is 1. The normalized spacial score (nSPS) is 11.8. The van der Waals surface area contributed by atoms with Crippen LogP contribution in [0.15, 0.2) is 22.1 Å². The van der Waals surface area contributed by atoms with E-state index >= 15 is 0 Å². The van der Waals surface area contributed by atoms with Crippen LogP contribution in [0, 0.1) is 13.8 Å². The van der Waals surface area contributed by atoms with Crippen LogP contribution in [0.3, 0.4) is 0 Å². The molecule has 2 aromatic heterocycles. The summed E-state index contributed by atoms with van der Waals surface area (Å²) >= 11 is 0. The molecule has 114 valence electrons. The molecule has 21 heavy (non-hydrogen) atoms. The summed E-state index contributed by atoms with van der Waals surface area (Å²) in [6, 6.07) is 0. The van der Waals surface area contributed by atoms with Gasteiger partial charge in [-0.2, -0.15) is 4.31 Å². The van der Waals surface area contributed by atoms with Crippen molar-refractivity contribution in [2.45, 2.75) is 18.7 Å². The summed E-state index contributed by atoms with van der Waals surface area (Å²) in [4.78, 5) is 11.7. The second-order valence-corrected chi connectivity index (χ2v) is 6.30. The second-order valence-electron chi connectivity index (χ2n) is 4.32. The number of likely N-dealkylation sites (N-methyl/N-ethyl adjacent to an activating group) is 1. The molecule has 0 spiro atoms. The molecule has 0 atom stereocenters. The van der Waals surface area contributed by atoms with Crippen LogP contribution < -0.4 is 5.43 Å². The molecule has 0 fully saturated rings. The molecular weight excluding hydrogens is 300 g/mol. The number of hydrogen-bond donors (Lipinski definition) is 1. The van der Waals surface area contributed by atoms with Gasteiger partial charge in [-0.15, -0.1) is 10.2 Å². The van der Waals surface area contributed by atoms with Gasteiger partial charge < -0.3 is 4.52 Å². The number of carbonyl (C=O) groups excluding carboxylic acids is 1. The zero-order valence-corrected chi connectivity index (χ0v) is 12.5. The quantitative estimate of drug-likeness (QED) is 0.772. The molecule has 0 radical (unpaired) electrons. The highest BCUT2D eigenvalue weighted by Gasteiger charge is 2.29. The van der Waals surface area contributed by atoms with E-state index in [0.717, 1.165) is 4.31 Å². The van der Waals surface area contributed by atoms with Crippen molar-refractivity contribution in [3.8, 4) is 0 Å². The Bertz CT molecular complexity index is 716. The van der Waals surface area contributed by atoms with Crippen molar-refractivity contribution in [1.29, 1.82) is 0 Å². The molecule has 1 amide bonds. The maximum atomic E-state index is 12.4. The van der Waals surface area contributed by atoms with Gasteiger partial charge in [0.05, 0.1) is 6.54 Å². The first-order valence-corrected chi connectivity index (χ1v) is 7.30. The molecule has 10 nitrogen and oxygen atoms in total. The molecule has 0 bridgehead atoms. The lowest BCUT2D eigenvalue weighted by atomic mass is 10.4. The molecule has 11 heteroatoms. The van der Waals surface area contributed by atoms with E-state index in [2.05, 4.69) is 20.8 Å². The van der Waals surface area contributed by atoms with Crippen LogP contribution in [-0.2, 0) is 14.8 Å². The Morgan fingerprint density at radius 2 is 2.00 bits per heavy atom. The lowest BCUT2D eigenvalue weighted by Crippen LogP contribution is -2.37. The molecule has 0 saturated carbocycles. The minimum absolute atomic E-state index is 0.0258. The van der Waals surface area contributed by atoms with E-state index in [-0.39, 0.29) is 22.9 Å². The Morgan fingerprint density at radius 3 is 2.52 bits per heavy atom. The molecule has 0 aliphatic heterocycles. The molecule has 0 aliphatic carbocycles. The summed E-state index contributed by atoms with van der Waals surface area (Å²) in [5.74, 6) is -0.355. The zero-order valence-electron chi connectivity index (χ0n) is 11.6. The highest BCUT2D eigenvalue weighted by molar-refractivity contribution is 7.89. The molecule has 2 rings (SSSR count). The Balaban J connectivity index is 2.12. The van der Waals surface area contributed by atoms with Gasteiger partial charge >= 0.3 is 0 Å². The zero-order chi connectivity index (χ0) is 15.6. The summed E-state index contributed by atoms with van der Waals surface area (Å²) < 4.78 is 31.8. The smallest absolute Gasteiger partial charge is 0.254 e. The monoisotopic (exact) mass is 314 g/mol. The topological polar surface area (TPSA) is 123 Å². The van der Waals surface area contributed by atoms with Gasteiger partial charge in [-0.05, 0) is 13.8 Å². The van der Waals surface area contributed by atoms with Crippen LogP contribution in [0.1, 0.15) is 11.5 Å². The fourth-order valence-corrected chi connectivity index (χ4v) is 3.13. The van der Waals surface area contributed by atoms with Crippen molar-refractivity contribution in [2.75, 3.05) is 19.0 Å². The maximum absolute atomic E-state index is 12.4. The highest BCUT2D eigenvalue weighted by atomic mass is 32.2. The van der Waals surface area contributed by atoms with Gasteiger partial charge in [-0.25, -0.2) is 13.1 Å². The van der Waals surface area contributed by atoms with Gasteiger partial charge in [0.25, 0.3) is 5.91 Å². The minimum Gasteiger partial charge on any atom is -0.360 e. The first kappa shape index (κ1) is 15.1. The number of hydrogen-bond acceptors (Lipinski definition) is 7. The number of carbonyl (C=O) groups is 1. The molecule has 0 aromatic carbocycles. The largest absolute Gasteiger partial charge is 0.360 e. The number of rotatable bonds is 5. The van der Waals surface area contributed by atoms with Crippen molar-refractivity contribution in [2.24, 2.45) is 0 Å². The number of sulfonamides is 1. The number of aromatic nitrogens is 4. The lowest BCUT2D eigenvalue weighted by Gasteiger charge is -2.16. The van der Waals surface area contributed by atoms with Crippen molar-refractivity contribution >= 4 is 15.9 Å². The van der Waals surface area contributed by atoms with Crippen molar-refractivity contribution in [3.05, 3.63) is 24.1 Å². The van der Waals surface area contributed by atoms with E-state index in [1.807, 2.05) is 0 Å². The highest BCUT2D eigenvalue weighted by Crippen LogP contribution is 2.21. The van der Waals surface area contributed by atoms with Crippen LogP contribution in [0.25, 0.3) is 0 Å². The lowest BCUT2D eigenvalue weighted by molar-refractivity contribution is -0.117. The average Bonchev–Trinajstić information content (AvgIpc) is 2.99. The Labute approximate surface area is 120 Å². The third-order valence-electron chi connectivity index (χ3n) is 2.67. The van der Waals surface area contributed by atoms with Crippen molar-refractivity contribution in [1.82, 2.24) is 24.3 Å². The first-order valence-electron chi connectivity index (χ1n) is 5.86. The van der Waals surface area contributed by atoms with Gasteiger partial charge in [-0.3, -0.25) is 10.2 Å². The predicted molar refractivity (Wildman–Crippen MR) is 70.2 cm³/mol. The third-order valence-corrected chi connectivity index (χ3v) is 4.72. The Morgan fingerprint density at radius 1 is 1.38 bits per heavy atom. The van der Waals surface area contributed by atoms with Crippen LogP contribution >= 0.6 is 0 Å². The summed E-state index contributed by atoms with van der Waals surface area (Å²) in [5.41, 5.74) is 2.66. The molecule has 0 unspecified atom stereocenters. The van der Waals surface area contributed by atoms with Gasteiger partial charge in [-0.1, -0.05) is 5.16 Å². The molecule has 2 heterocycles. The molecule has 0 aliphatic rings. The van der Waals surface area contributed by atoms with Crippen LogP contribution in [0.5, 0.6) is 0 Å². The summed E-state index contributed by atoms with van der Waals surface area (Å²) in [6.45, 7) is 2.65. The summed E-state index contributed by atoms with van der Waals surface area (Å²) in [7, 11) is -2.56. The Hall–Kier alpha value is -2.27. The van der Waals surface area contributed by atoms with Gasteiger partial charge in [0.15, 0.2) is 5.76 Å². The number of nitrogens with zero attached hydrogens (tertiary/aromatic N) is 5. The Kier molecular flexibility index (Phi) is 4.04. The summed E-state index contributed by atoms with van der Waals surface area (Å²) in [6.07, 6.45) is 2.56. The molecule has 1 N–H and O–H groups in total. The van der Waals surface area contributed by atoms with Crippen LogP contribution in [0.4, 0.5) is 0 Å². The van der Waals surface area contributed by atoms with E-state index in [4.69, 9.17) is 4.52 Å². The molecular formula is C10H14N6O4S. The first-order chi connectivity index (χ1) is 9.82. The summed E-state index contributed by atoms with van der Waals surface area (Å²) in [5, 5.41) is 10.6. The second kappa shape index (κ2) is 5.61. The predicted octanol–water partition coefficient (Wildman–Crippen LogP) is -0.726. The minimum atomic E-state index is -3.86. The van der Waals surface area contributed by atoms with Gasteiger partial charge in [0, 0.05) is 7.05 Å². The maximum Gasteiger partial charge on any atom is 0.254 e. The van der Waals surface area contributed by atoms with Crippen LogP contribution in [-0.4, -0.2) is 52.3 Å². The fourth-order valence-electron chi connectivity index (χ4n) is 1.72. The van der Waals surface area contributed by atoms with Crippen molar-refractivity contribution < 1.29 is 17.7 Å². The van der Waals surface area contributed by atoms with E-state index in [0.29, 0.717) is 0 Å². The number of aryl methyl sites for hydroxylation is 2. The fraction of sp³-hybridized carbons (Fsp3) is 0.400.